The maximum Gasteiger partial charge on any atom is 0.230 e. The molecule has 0 aliphatic carbocycles. The third-order valence-corrected chi connectivity index (χ3v) is 8.25. The quantitative estimate of drug-likeness (QED) is 0.312. The molecule has 0 saturated carbocycles. The SMILES string of the molecule is Cc1cc(Cl)cc2sc(N(Cc3ccncc3)C(=O)CCS(=O)(=O)c3ccc(Cl)cc3)nc12. The van der Waals surface area contributed by atoms with Gasteiger partial charge in [0.1, 0.15) is 0 Å². The summed E-state index contributed by atoms with van der Waals surface area (Å²) < 4.78 is 26.3. The number of aromatic nitrogens is 2. The molecule has 2 aromatic heterocycles. The minimum atomic E-state index is -3.65. The van der Waals surface area contributed by atoms with Crippen molar-refractivity contribution in [1.82, 2.24) is 9.97 Å². The number of sulfone groups is 1. The van der Waals surface area contributed by atoms with Crippen molar-refractivity contribution in [3.8, 4) is 0 Å². The second kappa shape index (κ2) is 9.77. The number of rotatable bonds is 7. The molecule has 33 heavy (non-hydrogen) atoms. The van der Waals surface area contributed by atoms with Gasteiger partial charge in [0.25, 0.3) is 0 Å². The first-order chi connectivity index (χ1) is 15.7. The van der Waals surface area contributed by atoms with Crippen LogP contribution in [0.2, 0.25) is 10.0 Å². The van der Waals surface area contributed by atoms with Crippen molar-refractivity contribution in [3.05, 3.63) is 82.1 Å². The molecule has 10 heteroatoms. The van der Waals surface area contributed by atoms with E-state index in [0.29, 0.717) is 15.2 Å². The second-order valence-corrected chi connectivity index (χ2v) is 11.4. The van der Waals surface area contributed by atoms with Crippen molar-refractivity contribution >= 4 is 65.6 Å². The van der Waals surface area contributed by atoms with E-state index < -0.39 is 9.84 Å². The van der Waals surface area contributed by atoms with Crippen LogP contribution in [0.3, 0.4) is 0 Å². The highest BCUT2D eigenvalue weighted by molar-refractivity contribution is 7.91. The van der Waals surface area contributed by atoms with Gasteiger partial charge in [-0.25, -0.2) is 13.4 Å². The number of aryl methyl sites for hydroxylation is 1. The molecule has 0 aliphatic heterocycles. The van der Waals surface area contributed by atoms with E-state index in [9.17, 15) is 13.2 Å². The van der Waals surface area contributed by atoms with E-state index >= 15 is 0 Å². The number of anilines is 1. The predicted octanol–water partition coefficient (Wildman–Crippen LogP) is 5.70. The summed E-state index contributed by atoms with van der Waals surface area (Å²) in [6, 6.07) is 13.2. The lowest BCUT2D eigenvalue weighted by atomic mass is 10.2. The number of carbonyl (C=O) groups excluding carboxylic acids is 1. The van der Waals surface area contributed by atoms with Crippen LogP contribution in [0, 0.1) is 6.92 Å². The summed E-state index contributed by atoms with van der Waals surface area (Å²) in [5.74, 6) is -0.664. The Labute approximate surface area is 205 Å². The summed E-state index contributed by atoms with van der Waals surface area (Å²) in [5, 5.41) is 1.53. The normalized spacial score (nSPS) is 11.6. The molecule has 0 atom stereocenters. The Morgan fingerprint density at radius 1 is 1.03 bits per heavy atom. The molecule has 2 aromatic carbocycles. The number of fused-ring (bicyclic) bond motifs is 1. The van der Waals surface area contributed by atoms with Gasteiger partial charge in [0.15, 0.2) is 15.0 Å². The Morgan fingerprint density at radius 2 is 1.73 bits per heavy atom. The van der Waals surface area contributed by atoms with Crippen molar-refractivity contribution in [2.75, 3.05) is 10.7 Å². The number of hydrogen-bond acceptors (Lipinski definition) is 6. The maximum absolute atomic E-state index is 13.3. The number of halogens is 2. The number of benzene rings is 2. The molecule has 0 radical (unpaired) electrons. The largest absolute Gasteiger partial charge is 0.284 e. The molecule has 4 rings (SSSR count). The Kier molecular flexibility index (Phi) is 6.99. The van der Waals surface area contributed by atoms with Crippen LogP contribution in [0.5, 0.6) is 0 Å². The van der Waals surface area contributed by atoms with Crippen molar-refractivity contribution in [3.63, 3.8) is 0 Å². The zero-order valence-electron chi connectivity index (χ0n) is 17.5. The summed E-state index contributed by atoms with van der Waals surface area (Å²) >= 11 is 13.4. The van der Waals surface area contributed by atoms with E-state index in [0.717, 1.165) is 21.3 Å². The van der Waals surface area contributed by atoms with Crippen LogP contribution in [0.15, 0.2) is 65.8 Å². The molecule has 1 amide bonds. The molecule has 0 bridgehead atoms. The number of hydrogen-bond donors (Lipinski definition) is 0. The van der Waals surface area contributed by atoms with E-state index in [2.05, 4.69) is 9.97 Å². The Balaban J connectivity index is 1.62. The molecule has 0 fully saturated rings. The number of amides is 1. The summed E-state index contributed by atoms with van der Waals surface area (Å²) in [7, 11) is -3.65. The van der Waals surface area contributed by atoms with E-state index in [1.165, 1.54) is 40.5 Å². The van der Waals surface area contributed by atoms with Gasteiger partial charge in [-0.3, -0.25) is 14.7 Å². The average Bonchev–Trinajstić information content (AvgIpc) is 3.21. The minimum absolute atomic E-state index is 0.130. The number of pyridine rings is 1. The van der Waals surface area contributed by atoms with Crippen LogP contribution in [0.25, 0.3) is 10.2 Å². The van der Waals surface area contributed by atoms with E-state index in [1.54, 1.807) is 24.5 Å². The van der Waals surface area contributed by atoms with Gasteiger partial charge in [-0.1, -0.05) is 34.5 Å². The fourth-order valence-electron chi connectivity index (χ4n) is 3.31. The van der Waals surface area contributed by atoms with Crippen LogP contribution < -0.4 is 4.90 Å². The molecular formula is C23H19Cl2N3O3S2. The van der Waals surface area contributed by atoms with Crippen LogP contribution in [-0.2, 0) is 21.2 Å². The molecule has 170 valence electrons. The van der Waals surface area contributed by atoms with E-state index in [1.807, 2.05) is 19.1 Å². The molecule has 4 aromatic rings. The Hall–Kier alpha value is -2.52. The Bertz CT molecular complexity index is 1410. The van der Waals surface area contributed by atoms with Crippen LogP contribution in [0.4, 0.5) is 5.13 Å². The third-order valence-electron chi connectivity index (χ3n) is 5.02. The van der Waals surface area contributed by atoms with Gasteiger partial charge in [0.2, 0.25) is 5.91 Å². The number of thiazole rings is 1. The molecule has 0 saturated heterocycles. The van der Waals surface area contributed by atoms with Gasteiger partial charge in [-0.15, -0.1) is 0 Å². The number of carbonyl (C=O) groups is 1. The zero-order chi connectivity index (χ0) is 23.6. The zero-order valence-corrected chi connectivity index (χ0v) is 20.7. The highest BCUT2D eigenvalue weighted by atomic mass is 35.5. The van der Waals surface area contributed by atoms with Crippen molar-refractivity contribution in [1.29, 1.82) is 0 Å². The first kappa shape index (κ1) is 23.6. The molecule has 0 unspecified atom stereocenters. The molecule has 6 nitrogen and oxygen atoms in total. The van der Waals surface area contributed by atoms with Crippen molar-refractivity contribution < 1.29 is 13.2 Å². The van der Waals surface area contributed by atoms with Crippen LogP contribution in [-0.4, -0.2) is 30.0 Å². The van der Waals surface area contributed by atoms with E-state index in [4.69, 9.17) is 23.2 Å². The highest BCUT2D eigenvalue weighted by Gasteiger charge is 2.24. The lowest BCUT2D eigenvalue weighted by Gasteiger charge is -2.20. The third kappa shape index (κ3) is 5.52. The van der Waals surface area contributed by atoms with Crippen LogP contribution >= 0.6 is 34.5 Å². The summed E-state index contributed by atoms with van der Waals surface area (Å²) in [5.41, 5.74) is 2.52. The molecule has 0 spiro atoms. The van der Waals surface area contributed by atoms with Crippen molar-refractivity contribution in [2.24, 2.45) is 0 Å². The van der Waals surface area contributed by atoms with Gasteiger partial charge < -0.3 is 0 Å². The van der Waals surface area contributed by atoms with Gasteiger partial charge >= 0.3 is 0 Å². The maximum atomic E-state index is 13.3. The molecule has 0 N–H and O–H groups in total. The number of nitrogens with zero attached hydrogens (tertiary/aromatic N) is 3. The second-order valence-electron chi connectivity index (χ2n) is 7.42. The topological polar surface area (TPSA) is 80.2 Å². The highest BCUT2D eigenvalue weighted by Crippen LogP contribution is 2.34. The first-order valence-corrected chi connectivity index (χ1v) is 13.2. The first-order valence-electron chi connectivity index (χ1n) is 9.97. The van der Waals surface area contributed by atoms with Crippen LogP contribution in [0.1, 0.15) is 17.5 Å². The molecule has 2 heterocycles. The monoisotopic (exact) mass is 519 g/mol. The van der Waals surface area contributed by atoms with E-state index in [-0.39, 0.29) is 29.5 Å². The Morgan fingerprint density at radius 3 is 2.42 bits per heavy atom. The van der Waals surface area contributed by atoms with Gasteiger partial charge in [-0.2, -0.15) is 0 Å². The lowest BCUT2D eigenvalue weighted by Crippen LogP contribution is -2.31. The van der Waals surface area contributed by atoms with Gasteiger partial charge in [-0.05, 0) is 66.6 Å². The van der Waals surface area contributed by atoms with Gasteiger partial charge in [0.05, 0.1) is 27.4 Å². The summed E-state index contributed by atoms with van der Waals surface area (Å²) in [4.78, 5) is 23.6. The average molecular weight is 520 g/mol. The predicted molar refractivity (Wildman–Crippen MR) is 133 cm³/mol. The smallest absolute Gasteiger partial charge is 0.230 e. The molecular weight excluding hydrogens is 501 g/mol. The standard InChI is InChI=1S/C23H19Cl2N3O3S2/c1-15-12-18(25)13-20-22(15)27-23(32-20)28(14-16-6-9-26-10-7-16)21(29)8-11-33(30,31)19-4-2-17(24)3-5-19/h2-7,9-10,12-13H,8,11,14H2,1H3. The fraction of sp³-hybridized carbons (Fsp3) is 0.174. The molecule has 0 aliphatic rings. The minimum Gasteiger partial charge on any atom is -0.284 e. The fourth-order valence-corrected chi connectivity index (χ4v) is 6.10. The van der Waals surface area contributed by atoms with Crippen molar-refractivity contribution in [2.45, 2.75) is 24.8 Å². The van der Waals surface area contributed by atoms with Gasteiger partial charge in [0, 0.05) is 28.9 Å². The summed E-state index contributed by atoms with van der Waals surface area (Å²) in [6.07, 6.45) is 3.10. The lowest BCUT2D eigenvalue weighted by molar-refractivity contribution is -0.118. The summed E-state index contributed by atoms with van der Waals surface area (Å²) in [6.45, 7) is 2.15.